The molecule has 2 aromatic rings. The van der Waals surface area contributed by atoms with Gasteiger partial charge in [0.1, 0.15) is 11.6 Å². The molecule has 0 bridgehead atoms. The summed E-state index contributed by atoms with van der Waals surface area (Å²) < 4.78 is 0. The summed E-state index contributed by atoms with van der Waals surface area (Å²) in [6, 6.07) is 14.4. The third kappa shape index (κ3) is 3.91. The van der Waals surface area contributed by atoms with Crippen molar-refractivity contribution >= 4 is 5.69 Å². The van der Waals surface area contributed by atoms with Gasteiger partial charge in [-0.3, -0.25) is 9.69 Å². The summed E-state index contributed by atoms with van der Waals surface area (Å²) in [6.45, 7) is 4.44. The fourth-order valence-electron chi connectivity index (χ4n) is 4.37. The lowest BCUT2D eigenvalue weighted by Gasteiger charge is -2.41. The van der Waals surface area contributed by atoms with Crippen LogP contribution < -0.4 is 10.5 Å². The van der Waals surface area contributed by atoms with E-state index >= 15 is 0 Å². The Hall–Kier alpha value is -2.58. The molecule has 27 heavy (non-hydrogen) atoms. The zero-order valence-electron chi connectivity index (χ0n) is 15.7. The van der Waals surface area contributed by atoms with Crippen molar-refractivity contribution in [3.05, 3.63) is 52.3 Å². The van der Waals surface area contributed by atoms with Gasteiger partial charge in [0.2, 0.25) is 0 Å². The van der Waals surface area contributed by atoms with E-state index in [9.17, 15) is 4.79 Å². The van der Waals surface area contributed by atoms with Crippen molar-refractivity contribution in [2.24, 2.45) is 0 Å². The summed E-state index contributed by atoms with van der Waals surface area (Å²) in [5.41, 5.74) is 2.75. The number of pyridine rings is 1. The van der Waals surface area contributed by atoms with Crippen LogP contribution in [0, 0.1) is 11.3 Å². The zero-order chi connectivity index (χ0) is 18.6. The van der Waals surface area contributed by atoms with E-state index < -0.39 is 0 Å². The summed E-state index contributed by atoms with van der Waals surface area (Å²) >= 11 is 0. The van der Waals surface area contributed by atoms with Gasteiger partial charge in [0, 0.05) is 43.6 Å². The van der Waals surface area contributed by atoms with Crippen molar-refractivity contribution in [1.82, 2.24) is 9.88 Å². The number of H-pyrrole nitrogens is 1. The van der Waals surface area contributed by atoms with Gasteiger partial charge in [0.05, 0.1) is 0 Å². The molecule has 1 N–H and O–H groups in total. The molecule has 1 aliphatic carbocycles. The first-order valence-corrected chi connectivity index (χ1v) is 9.97. The molecule has 1 aromatic heterocycles. The molecule has 1 aromatic carbocycles. The molecule has 140 valence electrons. The van der Waals surface area contributed by atoms with Gasteiger partial charge in [-0.05, 0) is 42.7 Å². The van der Waals surface area contributed by atoms with Gasteiger partial charge in [-0.1, -0.05) is 31.4 Å². The summed E-state index contributed by atoms with van der Waals surface area (Å²) in [7, 11) is 0. The largest absolute Gasteiger partial charge is 0.369 e. The van der Waals surface area contributed by atoms with Crippen LogP contribution in [0.4, 0.5) is 5.69 Å². The molecule has 1 saturated carbocycles. The molecule has 2 heterocycles. The maximum Gasteiger partial charge on any atom is 0.266 e. The molecule has 1 saturated heterocycles. The molecule has 2 aliphatic rings. The average molecular weight is 362 g/mol. The van der Waals surface area contributed by atoms with Gasteiger partial charge in [-0.2, -0.15) is 5.26 Å². The highest BCUT2D eigenvalue weighted by Gasteiger charge is 2.25. The smallest absolute Gasteiger partial charge is 0.266 e. The second-order valence-corrected chi connectivity index (χ2v) is 7.59. The van der Waals surface area contributed by atoms with Crippen LogP contribution in [0.15, 0.2) is 41.2 Å². The van der Waals surface area contributed by atoms with Crippen LogP contribution in [0.5, 0.6) is 0 Å². The molecule has 2 fully saturated rings. The number of aromatic amines is 1. The zero-order valence-corrected chi connectivity index (χ0v) is 15.7. The van der Waals surface area contributed by atoms with E-state index in [1.165, 1.54) is 37.8 Å². The summed E-state index contributed by atoms with van der Waals surface area (Å²) in [5, 5.41) is 8.88. The fourth-order valence-corrected chi connectivity index (χ4v) is 4.37. The highest BCUT2D eigenvalue weighted by Crippen LogP contribution is 2.26. The predicted octanol–water partition coefficient (Wildman–Crippen LogP) is 3.37. The monoisotopic (exact) mass is 362 g/mol. The number of hydrogen-bond donors (Lipinski definition) is 1. The molecule has 0 amide bonds. The quantitative estimate of drug-likeness (QED) is 0.909. The maximum atomic E-state index is 11.8. The molecule has 1 aliphatic heterocycles. The molecule has 5 heteroatoms. The van der Waals surface area contributed by atoms with Crippen LogP contribution in [-0.4, -0.2) is 42.1 Å². The predicted molar refractivity (Wildman–Crippen MR) is 108 cm³/mol. The van der Waals surface area contributed by atoms with Gasteiger partial charge in [-0.25, -0.2) is 0 Å². The van der Waals surface area contributed by atoms with Gasteiger partial charge in [0.25, 0.3) is 5.56 Å². The van der Waals surface area contributed by atoms with Crippen molar-refractivity contribution in [3.63, 3.8) is 0 Å². The van der Waals surface area contributed by atoms with Crippen LogP contribution in [-0.2, 0) is 0 Å². The van der Waals surface area contributed by atoms with Crippen molar-refractivity contribution in [2.45, 2.75) is 38.1 Å². The average Bonchev–Trinajstić information content (AvgIpc) is 2.74. The number of rotatable bonds is 3. The molecule has 0 unspecified atom stereocenters. The second kappa shape index (κ2) is 7.98. The van der Waals surface area contributed by atoms with Crippen LogP contribution in [0.2, 0.25) is 0 Å². The number of piperazine rings is 1. The highest BCUT2D eigenvalue weighted by molar-refractivity contribution is 5.63. The minimum absolute atomic E-state index is 0.145. The second-order valence-electron chi connectivity index (χ2n) is 7.59. The van der Waals surface area contributed by atoms with Crippen molar-refractivity contribution < 1.29 is 0 Å². The Morgan fingerprint density at radius 2 is 1.63 bits per heavy atom. The summed E-state index contributed by atoms with van der Waals surface area (Å²) in [4.78, 5) is 19.7. The lowest BCUT2D eigenvalue weighted by atomic mass is 9.94. The molecule has 0 atom stereocenters. The number of aromatic nitrogens is 1. The molecule has 4 rings (SSSR count). The molecular weight excluding hydrogens is 336 g/mol. The van der Waals surface area contributed by atoms with Gasteiger partial charge in [-0.15, -0.1) is 0 Å². The van der Waals surface area contributed by atoms with Gasteiger partial charge >= 0.3 is 0 Å². The number of benzene rings is 1. The SMILES string of the molecule is N#Cc1ccc(-c2ccc(N3CCN(C4CCCCC4)CC3)cc2)[nH]c1=O. The van der Waals surface area contributed by atoms with Gasteiger partial charge < -0.3 is 9.88 Å². The third-order valence-electron chi connectivity index (χ3n) is 5.98. The first kappa shape index (κ1) is 17.8. The van der Waals surface area contributed by atoms with Crippen LogP contribution in [0.3, 0.4) is 0 Å². The first-order valence-electron chi connectivity index (χ1n) is 9.97. The molecule has 0 radical (unpaired) electrons. The van der Waals surface area contributed by atoms with Crippen LogP contribution in [0.1, 0.15) is 37.7 Å². The number of nitriles is 1. The lowest BCUT2D eigenvalue weighted by Crippen LogP contribution is -2.50. The van der Waals surface area contributed by atoms with E-state index in [1.807, 2.05) is 18.2 Å². The van der Waals surface area contributed by atoms with E-state index in [4.69, 9.17) is 5.26 Å². The maximum absolute atomic E-state index is 11.8. The van der Waals surface area contributed by atoms with E-state index in [-0.39, 0.29) is 11.1 Å². The Kier molecular flexibility index (Phi) is 5.26. The molecule has 5 nitrogen and oxygen atoms in total. The minimum atomic E-state index is -0.335. The topological polar surface area (TPSA) is 63.1 Å². The number of hydrogen-bond acceptors (Lipinski definition) is 4. The molecular formula is C22H26N4O. The Bertz CT molecular complexity index is 866. The third-order valence-corrected chi connectivity index (χ3v) is 5.98. The summed E-state index contributed by atoms with van der Waals surface area (Å²) in [6.07, 6.45) is 6.94. The Balaban J connectivity index is 1.40. The van der Waals surface area contributed by atoms with Crippen molar-refractivity contribution in [2.75, 3.05) is 31.1 Å². The first-order chi connectivity index (χ1) is 13.2. The van der Waals surface area contributed by atoms with Crippen LogP contribution in [0.25, 0.3) is 11.3 Å². The van der Waals surface area contributed by atoms with Crippen LogP contribution >= 0.6 is 0 Å². The normalized spacial score (nSPS) is 19.0. The van der Waals surface area contributed by atoms with E-state index in [2.05, 4.69) is 26.9 Å². The van der Waals surface area contributed by atoms with E-state index in [1.54, 1.807) is 12.1 Å². The van der Waals surface area contributed by atoms with E-state index in [0.717, 1.165) is 43.5 Å². The lowest BCUT2D eigenvalue weighted by molar-refractivity contribution is 0.148. The Labute approximate surface area is 160 Å². The fraction of sp³-hybridized carbons (Fsp3) is 0.455. The van der Waals surface area contributed by atoms with Gasteiger partial charge in [0.15, 0.2) is 0 Å². The standard InChI is InChI=1S/C22H26N4O/c23-16-18-8-11-21(24-22(18)27)17-6-9-20(10-7-17)26-14-12-25(13-15-26)19-4-2-1-3-5-19/h6-11,19H,1-5,12-15H2,(H,24,27). The molecule has 0 spiro atoms. The number of nitrogens with one attached hydrogen (secondary N) is 1. The minimum Gasteiger partial charge on any atom is -0.369 e. The van der Waals surface area contributed by atoms with Crippen molar-refractivity contribution in [3.8, 4) is 17.3 Å². The van der Waals surface area contributed by atoms with Crippen molar-refractivity contribution in [1.29, 1.82) is 5.26 Å². The summed E-state index contributed by atoms with van der Waals surface area (Å²) in [5.74, 6) is 0. The van der Waals surface area contributed by atoms with E-state index in [0.29, 0.717) is 0 Å². The number of nitrogens with zero attached hydrogens (tertiary/aromatic N) is 3. The number of anilines is 1. The highest BCUT2D eigenvalue weighted by atomic mass is 16.1. The Morgan fingerprint density at radius 1 is 0.926 bits per heavy atom. The Morgan fingerprint density at radius 3 is 2.26 bits per heavy atom.